The molecule has 1 atom stereocenters. The van der Waals surface area contributed by atoms with Crippen molar-refractivity contribution in [3.05, 3.63) is 42.0 Å². The molecule has 1 unspecified atom stereocenters. The molecule has 3 nitrogen and oxygen atoms in total. The molecule has 0 spiro atoms. The minimum absolute atomic E-state index is 0.105. The first kappa shape index (κ1) is 15.7. The van der Waals surface area contributed by atoms with Crippen LogP contribution in [0.25, 0.3) is 0 Å². The molecule has 0 aliphatic heterocycles. The third kappa shape index (κ3) is 5.05. The molecule has 1 saturated carbocycles. The minimum atomic E-state index is -0.105. The Kier molecular flexibility index (Phi) is 6.60. The van der Waals surface area contributed by atoms with Gasteiger partial charge in [-0.3, -0.25) is 5.32 Å². The Hall–Kier alpha value is -1.32. The van der Waals surface area contributed by atoms with Crippen LogP contribution in [0.5, 0.6) is 0 Å². The lowest BCUT2D eigenvalue weighted by molar-refractivity contribution is 0.375. The number of anilines is 1. The zero-order chi connectivity index (χ0) is 14.3. The van der Waals surface area contributed by atoms with Crippen molar-refractivity contribution >= 4 is 5.69 Å². The fourth-order valence-corrected chi connectivity index (χ4v) is 2.25. The van der Waals surface area contributed by atoms with Crippen molar-refractivity contribution in [2.24, 2.45) is 5.73 Å². The first-order valence-corrected chi connectivity index (χ1v) is 7.19. The molecule has 0 radical (unpaired) electrons. The summed E-state index contributed by atoms with van der Waals surface area (Å²) in [5.74, 6) is 0. The predicted molar refractivity (Wildman–Crippen MR) is 83.7 cm³/mol. The molecule has 5 N–H and O–H groups in total. The molecule has 0 saturated heterocycles. The van der Waals surface area contributed by atoms with Gasteiger partial charge in [-0.2, -0.15) is 0 Å². The van der Waals surface area contributed by atoms with E-state index in [0.29, 0.717) is 6.04 Å². The Morgan fingerprint density at radius 1 is 1.16 bits per heavy atom. The van der Waals surface area contributed by atoms with Crippen LogP contribution in [0.3, 0.4) is 0 Å². The molecular weight excluding hydrogens is 234 g/mol. The molecule has 0 amide bonds. The summed E-state index contributed by atoms with van der Waals surface area (Å²) in [6.07, 6.45) is 4.41. The summed E-state index contributed by atoms with van der Waals surface area (Å²) in [7, 11) is 0. The van der Waals surface area contributed by atoms with Gasteiger partial charge in [-0.1, -0.05) is 38.1 Å². The summed E-state index contributed by atoms with van der Waals surface area (Å²) in [5.41, 5.74) is 15.0. The summed E-state index contributed by atoms with van der Waals surface area (Å²) in [6, 6.07) is 8.25. The van der Waals surface area contributed by atoms with Gasteiger partial charge in [-0.25, -0.2) is 0 Å². The smallest absolute Gasteiger partial charge is 0.0812 e. The van der Waals surface area contributed by atoms with Crippen molar-refractivity contribution in [1.82, 2.24) is 5.32 Å². The van der Waals surface area contributed by atoms with Crippen LogP contribution < -0.4 is 16.8 Å². The van der Waals surface area contributed by atoms with E-state index in [-0.39, 0.29) is 6.17 Å². The first-order valence-electron chi connectivity index (χ1n) is 7.19. The lowest BCUT2D eigenvalue weighted by Crippen LogP contribution is -2.38. The van der Waals surface area contributed by atoms with Crippen LogP contribution in [0.1, 0.15) is 51.3 Å². The number of nitrogens with one attached hydrogen (secondary N) is 1. The second-order valence-corrected chi connectivity index (χ2v) is 4.84. The topological polar surface area (TPSA) is 64.1 Å². The van der Waals surface area contributed by atoms with Gasteiger partial charge in [0.05, 0.1) is 6.17 Å². The summed E-state index contributed by atoms with van der Waals surface area (Å²) in [6.45, 7) is 8.02. The third-order valence-corrected chi connectivity index (χ3v) is 3.40. The van der Waals surface area contributed by atoms with Crippen LogP contribution in [0, 0.1) is 0 Å². The zero-order valence-corrected chi connectivity index (χ0v) is 12.2. The van der Waals surface area contributed by atoms with Gasteiger partial charge in [-0.15, -0.1) is 0 Å². The van der Waals surface area contributed by atoms with E-state index in [9.17, 15) is 0 Å². The lowest BCUT2D eigenvalue weighted by atomic mass is 9.91. The highest BCUT2D eigenvalue weighted by Gasteiger charge is 2.17. The standard InChI is InChI=1S/C14H21N3.C2H6/c1-10-2-8-13(9-3-10)17-14(16)11-4-6-12(15)7-5-11;1-2/h4-7,13-14,17H,1-3,8-9,15-16H2;1-2H3. The molecule has 1 aliphatic carbocycles. The minimum Gasteiger partial charge on any atom is -0.399 e. The van der Waals surface area contributed by atoms with Gasteiger partial charge in [0, 0.05) is 11.7 Å². The second kappa shape index (κ2) is 7.97. The van der Waals surface area contributed by atoms with Crippen LogP contribution in [-0.2, 0) is 0 Å². The van der Waals surface area contributed by atoms with Gasteiger partial charge >= 0.3 is 0 Å². The van der Waals surface area contributed by atoms with E-state index < -0.39 is 0 Å². The van der Waals surface area contributed by atoms with E-state index in [4.69, 9.17) is 11.5 Å². The molecule has 1 aromatic carbocycles. The molecule has 1 aliphatic rings. The van der Waals surface area contributed by atoms with E-state index >= 15 is 0 Å². The van der Waals surface area contributed by atoms with Crippen molar-refractivity contribution in [2.75, 3.05) is 5.73 Å². The van der Waals surface area contributed by atoms with E-state index in [0.717, 1.165) is 36.9 Å². The molecule has 0 heterocycles. The third-order valence-electron chi connectivity index (χ3n) is 3.40. The molecule has 3 heteroatoms. The molecular formula is C16H27N3. The van der Waals surface area contributed by atoms with Gasteiger partial charge < -0.3 is 11.5 Å². The van der Waals surface area contributed by atoms with Crippen molar-refractivity contribution in [3.8, 4) is 0 Å². The Labute approximate surface area is 117 Å². The van der Waals surface area contributed by atoms with E-state index in [1.54, 1.807) is 0 Å². The Morgan fingerprint density at radius 2 is 1.68 bits per heavy atom. The number of nitrogen functional groups attached to an aromatic ring is 1. The van der Waals surface area contributed by atoms with Gasteiger partial charge in [0.25, 0.3) is 0 Å². The van der Waals surface area contributed by atoms with E-state index in [2.05, 4.69) is 11.9 Å². The van der Waals surface area contributed by atoms with Crippen LogP contribution in [0.2, 0.25) is 0 Å². The monoisotopic (exact) mass is 261 g/mol. The largest absolute Gasteiger partial charge is 0.399 e. The number of hydrogen-bond acceptors (Lipinski definition) is 3. The van der Waals surface area contributed by atoms with Crippen LogP contribution >= 0.6 is 0 Å². The average molecular weight is 261 g/mol. The Bertz CT molecular complexity index is 373. The predicted octanol–water partition coefficient (Wildman–Crippen LogP) is 3.34. The maximum Gasteiger partial charge on any atom is 0.0812 e. The van der Waals surface area contributed by atoms with Crippen molar-refractivity contribution in [1.29, 1.82) is 0 Å². The second-order valence-electron chi connectivity index (χ2n) is 4.84. The molecule has 0 bridgehead atoms. The Morgan fingerprint density at radius 3 is 2.21 bits per heavy atom. The summed E-state index contributed by atoms with van der Waals surface area (Å²) >= 11 is 0. The lowest BCUT2D eigenvalue weighted by Gasteiger charge is -2.27. The Balaban J connectivity index is 0.000000861. The normalized spacial score (nSPS) is 17.5. The molecule has 1 fully saturated rings. The molecule has 0 aromatic heterocycles. The SMILES string of the molecule is C=C1CCC(NC(N)c2ccc(N)cc2)CC1.CC. The molecule has 1 aromatic rings. The first-order chi connectivity index (χ1) is 9.15. The van der Waals surface area contributed by atoms with Crippen molar-refractivity contribution in [2.45, 2.75) is 51.7 Å². The average Bonchev–Trinajstić information content (AvgIpc) is 2.44. The zero-order valence-electron chi connectivity index (χ0n) is 12.2. The summed E-state index contributed by atoms with van der Waals surface area (Å²) in [4.78, 5) is 0. The van der Waals surface area contributed by atoms with Gasteiger partial charge in [-0.05, 0) is 43.4 Å². The molecule has 2 rings (SSSR count). The number of benzene rings is 1. The van der Waals surface area contributed by atoms with Crippen LogP contribution in [-0.4, -0.2) is 6.04 Å². The maximum atomic E-state index is 6.14. The number of nitrogens with two attached hydrogens (primary N) is 2. The highest BCUT2D eigenvalue weighted by atomic mass is 15.0. The maximum absolute atomic E-state index is 6.14. The summed E-state index contributed by atoms with van der Waals surface area (Å²) < 4.78 is 0. The van der Waals surface area contributed by atoms with E-state index in [1.165, 1.54) is 5.57 Å². The van der Waals surface area contributed by atoms with Crippen molar-refractivity contribution in [3.63, 3.8) is 0 Å². The number of allylic oxidation sites excluding steroid dienone is 1. The fraction of sp³-hybridized carbons (Fsp3) is 0.500. The summed E-state index contributed by atoms with van der Waals surface area (Å²) in [5, 5.41) is 3.47. The fourth-order valence-electron chi connectivity index (χ4n) is 2.25. The van der Waals surface area contributed by atoms with Crippen molar-refractivity contribution < 1.29 is 0 Å². The molecule has 19 heavy (non-hydrogen) atoms. The number of hydrogen-bond donors (Lipinski definition) is 3. The quantitative estimate of drug-likeness (QED) is 0.444. The number of rotatable bonds is 3. The highest BCUT2D eigenvalue weighted by molar-refractivity contribution is 5.39. The van der Waals surface area contributed by atoms with Gasteiger partial charge in [0.15, 0.2) is 0 Å². The highest BCUT2D eigenvalue weighted by Crippen LogP contribution is 2.23. The van der Waals surface area contributed by atoms with Gasteiger partial charge in [0.2, 0.25) is 0 Å². The van der Waals surface area contributed by atoms with E-state index in [1.807, 2.05) is 38.1 Å². The molecule has 106 valence electrons. The van der Waals surface area contributed by atoms with Crippen LogP contribution in [0.15, 0.2) is 36.4 Å². The van der Waals surface area contributed by atoms with Crippen LogP contribution in [0.4, 0.5) is 5.69 Å². The van der Waals surface area contributed by atoms with Gasteiger partial charge in [0.1, 0.15) is 0 Å².